The number of hydrogen-bond donors (Lipinski definition) is 1. The van der Waals surface area contributed by atoms with E-state index in [0.29, 0.717) is 17.0 Å². The molecule has 1 aromatic rings. The summed E-state index contributed by atoms with van der Waals surface area (Å²) in [7, 11) is 1.55. The monoisotopic (exact) mass is 281 g/mol. The lowest BCUT2D eigenvalue weighted by Crippen LogP contribution is -1.97. The van der Waals surface area contributed by atoms with E-state index < -0.39 is 0 Å². The van der Waals surface area contributed by atoms with Crippen LogP contribution in [0, 0.1) is 5.92 Å². The number of rotatable bonds is 6. The molecule has 4 nitrogen and oxygen atoms in total. The van der Waals surface area contributed by atoms with Gasteiger partial charge in [0, 0.05) is 36.2 Å². The summed E-state index contributed by atoms with van der Waals surface area (Å²) in [5.41, 5.74) is 7.12. The smallest absolute Gasteiger partial charge is 0.214 e. The van der Waals surface area contributed by atoms with Crippen LogP contribution in [-0.2, 0) is 0 Å². The van der Waals surface area contributed by atoms with Crippen LogP contribution in [0.5, 0.6) is 5.88 Å². The summed E-state index contributed by atoms with van der Waals surface area (Å²) in [6.07, 6.45) is 4.26. The zero-order valence-electron chi connectivity index (χ0n) is 11.6. The molecule has 0 amide bonds. The van der Waals surface area contributed by atoms with Crippen LogP contribution in [0.2, 0.25) is 5.15 Å². The molecule has 19 heavy (non-hydrogen) atoms. The first-order valence-electron chi connectivity index (χ1n) is 6.21. The fourth-order valence-electron chi connectivity index (χ4n) is 1.44. The lowest BCUT2D eigenvalue weighted by Gasteiger charge is -2.06. The van der Waals surface area contributed by atoms with E-state index in [0.717, 1.165) is 24.1 Å². The van der Waals surface area contributed by atoms with Crippen LogP contribution in [0.4, 0.5) is 0 Å². The second-order valence-electron chi connectivity index (χ2n) is 4.53. The fourth-order valence-corrected chi connectivity index (χ4v) is 1.70. The molecule has 0 atom stereocenters. The quantitative estimate of drug-likeness (QED) is 0.643. The molecule has 0 aromatic carbocycles. The van der Waals surface area contributed by atoms with Gasteiger partial charge in [0.05, 0.1) is 7.11 Å². The van der Waals surface area contributed by atoms with Crippen LogP contribution >= 0.6 is 11.6 Å². The predicted molar refractivity (Wildman–Crippen MR) is 80.8 cm³/mol. The number of halogens is 1. The Morgan fingerprint density at radius 2 is 2.26 bits per heavy atom. The highest BCUT2D eigenvalue weighted by atomic mass is 35.5. The molecule has 2 N–H and O–H groups in total. The third kappa shape index (κ3) is 4.91. The van der Waals surface area contributed by atoms with Gasteiger partial charge in [-0.1, -0.05) is 25.4 Å². The number of allylic oxidation sites excluding steroid dienone is 1. The largest absolute Gasteiger partial charge is 0.481 e. The number of nitrogens with zero attached hydrogens (tertiary/aromatic N) is 2. The molecule has 0 bridgehead atoms. The Kier molecular flexibility index (Phi) is 6.36. The fraction of sp³-hybridized carbons (Fsp3) is 0.429. The maximum Gasteiger partial charge on any atom is 0.214 e. The van der Waals surface area contributed by atoms with Crippen molar-refractivity contribution >= 4 is 23.4 Å². The van der Waals surface area contributed by atoms with Crippen molar-refractivity contribution in [2.24, 2.45) is 16.6 Å². The number of methoxy groups -OCH3 is 1. The average Bonchev–Trinajstić information content (AvgIpc) is 2.39. The van der Waals surface area contributed by atoms with Gasteiger partial charge < -0.3 is 10.5 Å². The maximum atomic E-state index is 6.10. The van der Waals surface area contributed by atoms with Gasteiger partial charge in [-0.05, 0) is 18.4 Å². The summed E-state index contributed by atoms with van der Waals surface area (Å²) in [5, 5.41) is 0.353. The molecule has 0 aliphatic rings. The van der Waals surface area contributed by atoms with Gasteiger partial charge in [0.25, 0.3) is 0 Å². The molecule has 104 valence electrons. The highest BCUT2D eigenvalue weighted by molar-refractivity contribution is 6.32. The van der Waals surface area contributed by atoms with Crippen molar-refractivity contribution in [3.8, 4) is 5.88 Å². The van der Waals surface area contributed by atoms with E-state index in [9.17, 15) is 0 Å². The van der Waals surface area contributed by atoms with Crippen LogP contribution in [0.15, 0.2) is 23.3 Å². The van der Waals surface area contributed by atoms with Crippen LogP contribution < -0.4 is 10.5 Å². The lowest BCUT2D eigenvalue weighted by atomic mass is 10.1. The van der Waals surface area contributed by atoms with Crippen LogP contribution in [0.25, 0.3) is 5.57 Å². The molecular weight excluding hydrogens is 262 g/mol. The summed E-state index contributed by atoms with van der Waals surface area (Å²) in [6.45, 7) is 5.11. The first-order chi connectivity index (χ1) is 9.08. The second-order valence-corrected chi connectivity index (χ2v) is 4.89. The Hall–Kier alpha value is -1.55. The van der Waals surface area contributed by atoms with Crippen molar-refractivity contribution in [1.29, 1.82) is 0 Å². The molecule has 0 saturated heterocycles. The molecule has 1 aromatic heterocycles. The normalized spacial score (nSPS) is 12.4. The van der Waals surface area contributed by atoms with Gasteiger partial charge in [0.2, 0.25) is 5.88 Å². The van der Waals surface area contributed by atoms with Crippen molar-refractivity contribution in [1.82, 2.24) is 4.98 Å². The SMILES string of the molecule is COc1ccc(/C(C=NCCC(C)C)=C/N)c(Cl)n1. The van der Waals surface area contributed by atoms with E-state index in [-0.39, 0.29) is 0 Å². The van der Waals surface area contributed by atoms with E-state index >= 15 is 0 Å². The van der Waals surface area contributed by atoms with Crippen molar-refractivity contribution in [2.45, 2.75) is 20.3 Å². The van der Waals surface area contributed by atoms with Crippen molar-refractivity contribution in [2.75, 3.05) is 13.7 Å². The molecule has 0 aliphatic heterocycles. The minimum absolute atomic E-state index is 0.353. The molecule has 0 fully saturated rings. The number of nitrogens with two attached hydrogens (primary N) is 1. The van der Waals surface area contributed by atoms with Crippen LogP contribution in [-0.4, -0.2) is 24.9 Å². The number of ether oxygens (including phenoxy) is 1. The number of hydrogen-bond acceptors (Lipinski definition) is 4. The summed E-state index contributed by atoms with van der Waals surface area (Å²) < 4.78 is 5.01. The summed E-state index contributed by atoms with van der Waals surface area (Å²) in [6, 6.07) is 3.56. The molecule has 0 spiro atoms. The van der Waals surface area contributed by atoms with Gasteiger partial charge in [-0.2, -0.15) is 0 Å². The van der Waals surface area contributed by atoms with E-state index in [2.05, 4.69) is 23.8 Å². The Balaban J connectivity index is 2.81. The van der Waals surface area contributed by atoms with Crippen LogP contribution in [0.3, 0.4) is 0 Å². The minimum Gasteiger partial charge on any atom is -0.481 e. The molecule has 5 heteroatoms. The van der Waals surface area contributed by atoms with E-state index in [1.54, 1.807) is 19.4 Å². The zero-order chi connectivity index (χ0) is 14.3. The molecular formula is C14H20ClN3O. The van der Waals surface area contributed by atoms with Gasteiger partial charge >= 0.3 is 0 Å². The zero-order valence-corrected chi connectivity index (χ0v) is 12.3. The molecule has 1 rings (SSSR count). The van der Waals surface area contributed by atoms with Gasteiger partial charge in [-0.25, -0.2) is 4.98 Å². The third-order valence-electron chi connectivity index (χ3n) is 2.59. The number of aromatic nitrogens is 1. The van der Waals surface area contributed by atoms with Crippen molar-refractivity contribution in [3.63, 3.8) is 0 Å². The standard InChI is InChI=1S/C14H20ClN3O/c1-10(2)6-7-17-9-11(8-16)12-4-5-13(19-3)18-14(12)15/h4-5,8-10H,6-7,16H2,1-3H3/b11-8+,17-9?. The number of pyridine rings is 1. The summed E-state index contributed by atoms with van der Waals surface area (Å²) in [4.78, 5) is 8.45. The Labute approximate surface area is 119 Å². The van der Waals surface area contributed by atoms with E-state index in [1.165, 1.54) is 6.20 Å². The average molecular weight is 282 g/mol. The Morgan fingerprint density at radius 3 is 2.79 bits per heavy atom. The Bertz CT molecular complexity index is 470. The molecule has 0 aliphatic carbocycles. The first-order valence-corrected chi connectivity index (χ1v) is 6.59. The molecule has 0 saturated carbocycles. The van der Waals surface area contributed by atoms with Crippen LogP contribution in [0.1, 0.15) is 25.8 Å². The van der Waals surface area contributed by atoms with Crippen molar-refractivity contribution < 1.29 is 4.74 Å². The van der Waals surface area contributed by atoms with E-state index in [1.807, 2.05) is 6.07 Å². The third-order valence-corrected chi connectivity index (χ3v) is 2.88. The number of aliphatic imine (C=N–C) groups is 1. The summed E-state index contributed by atoms with van der Waals surface area (Å²) >= 11 is 6.10. The van der Waals surface area contributed by atoms with Gasteiger partial charge in [-0.15, -0.1) is 0 Å². The van der Waals surface area contributed by atoms with E-state index in [4.69, 9.17) is 22.1 Å². The van der Waals surface area contributed by atoms with Gasteiger partial charge in [0.15, 0.2) is 0 Å². The lowest BCUT2D eigenvalue weighted by molar-refractivity contribution is 0.398. The van der Waals surface area contributed by atoms with Gasteiger partial charge in [0.1, 0.15) is 5.15 Å². The predicted octanol–water partition coefficient (Wildman–Crippen LogP) is 3.16. The molecule has 0 radical (unpaired) electrons. The van der Waals surface area contributed by atoms with Gasteiger partial charge in [-0.3, -0.25) is 4.99 Å². The second kappa shape index (κ2) is 7.79. The maximum absolute atomic E-state index is 6.10. The highest BCUT2D eigenvalue weighted by Gasteiger charge is 2.07. The topological polar surface area (TPSA) is 60.5 Å². The summed E-state index contributed by atoms with van der Waals surface area (Å²) in [5.74, 6) is 1.11. The first kappa shape index (κ1) is 15.5. The Morgan fingerprint density at radius 1 is 1.53 bits per heavy atom. The highest BCUT2D eigenvalue weighted by Crippen LogP contribution is 2.23. The van der Waals surface area contributed by atoms with Crippen molar-refractivity contribution in [3.05, 3.63) is 29.0 Å². The molecule has 1 heterocycles. The molecule has 0 unspecified atom stereocenters. The minimum atomic E-state index is 0.353.